The Labute approximate surface area is 102 Å². The molecule has 100 valence electrons. The molecule has 0 saturated carbocycles. The Kier molecular flexibility index (Phi) is 3.79. The maximum atomic E-state index is 11.6. The van der Waals surface area contributed by atoms with Crippen molar-refractivity contribution in [2.75, 3.05) is 6.61 Å². The Morgan fingerprint density at radius 3 is 2.50 bits per heavy atom. The monoisotopic (exact) mass is 257 g/mol. The molecule has 1 saturated heterocycles. The van der Waals surface area contributed by atoms with Crippen LogP contribution in [0, 0.1) is 0 Å². The van der Waals surface area contributed by atoms with E-state index in [1.165, 1.54) is 18.3 Å². The van der Waals surface area contributed by atoms with Crippen molar-refractivity contribution in [2.24, 2.45) is 0 Å². The van der Waals surface area contributed by atoms with Gasteiger partial charge in [0.05, 0.1) is 6.61 Å². The van der Waals surface area contributed by atoms with Crippen LogP contribution < -0.4 is 5.56 Å². The van der Waals surface area contributed by atoms with E-state index in [-0.39, 0.29) is 0 Å². The zero-order valence-corrected chi connectivity index (χ0v) is 9.46. The van der Waals surface area contributed by atoms with Gasteiger partial charge in [-0.25, -0.2) is 0 Å². The van der Waals surface area contributed by atoms with E-state index in [4.69, 9.17) is 9.84 Å². The largest absolute Gasteiger partial charge is 0.394 e. The van der Waals surface area contributed by atoms with Crippen molar-refractivity contribution in [3.05, 3.63) is 34.7 Å². The summed E-state index contributed by atoms with van der Waals surface area (Å²) >= 11 is 0. The highest BCUT2D eigenvalue weighted by Crippen LogP contribution is 2.27. The Balaban J connectivity index is 2.33. The van der Waals surface area contributed by atoms with Gasteiger partial charge in [0.2, 0.25) is 0 Å². The third-order valence-electron chi connectivity index (χ3n) is 2.99. The van der Waals surface area contributed by atoms with Crippen LogP contribution in [0.5, 0.6) is 0 Å². The molecule has 4 N–H and O–H groups in total. The molecule has 0 spiro atoms. The molecule has 1 unspecified atom stereocenters. The first-order chi connectivity index (χ1) is 8.56. The number of rotatable bonds is 2. The Hall–Kier alpha value is -1.25. The van der Waals surface area contributed by atoms with Crippen LogP contribution in [0.2, 0.25) is 0 Å². The van der Waals surface area contributed by atoms with Crippen LogP contribution in [-0.4, -0.2) is 56.0 Å². The lowest BCUT2D eigenvalue weighted by molar-refractivity contribution is -0.252. The van der Waals surface area contributed by atoms with Gasteiger partial charge in [-0.05, 0) is 6.07 Å². The van der Waals surface area contributed by atoms with Crippen molar-refractivity contribution in [3.63, 3.8) is 0 Å². The molecule has 2 heterocycles. The molecule has 1 aromatic rings. The average Bonchev–Trinajstić information content (AvgIpc) is 2.38. The lowest BCUT2D eigenvalue weighted by atomic mass is 9.98. The molecule has 2 rings (SSSR count). The van der Waals surface area contributed by atoms with Crippen molar-refractivity contribution in [1.29, 1.82) is 0 Å². The summed E-state index contributed by atoms with van der Waals surface area (Å²) in [5, 5.41) is 38.1. The van der Waals surface area contributed by atoms with Crippen molar-refractivity contribution >= 4 is 0 Å². The quantitative estimate of drug-likeness (QED) is 0.479. The summed E-state index contributed by atoms with van der Waals surface area (Å²) in [6, 6.07) is 4.38. The van der Waals surface area contributed by atoms with Gasteiger partial charge in [-0.15, -0.1) is 0 Å². The Morgan fingerprint density at radius 2 is 1.89 bits per heavy atom. The first-order valence-electron chi connectivity index (χ1n) is 5.54. The molecule has 0 aliphatic carbocycles. The second kappa shape index (κ2) is 5.17. The number of pyridine rings is 1. The van der Waals surface area contributed by atoms with Crippen molar-refractivity contribution < 1.29 is 25.2 Å². The fraction of sp³-hybridized carbons (Fsp3) is 0.545. The highest BCUT2D eigenvalue weighted by molar-refractivity contribution is 4.98. The van der Waals surface area contributed by atoms with E-state index >= 15 is 0 Å². The minimum absolute atomic E-state index is 0.415. The Morgan fingerprint density at radius 1 is 1.17 bits per heavy atom. The van der Waals surface area contributed by atoms with E-state index in [2.05, 4.69) is 0 Å². The summed E-state index contributed by atoms with van der Waals surface area (Å²) in [6.07, 6.45) is -5.15. The molecule has 0 bridgehead atoms. The number of hydrogen-bond donors (Lipinski definition) is 4. The number of nitrogens with zero attached hydrogens (tertiary/aromatic N) is 1. The van der Waals surface area contributed by atoms with Crippen molar-refractivity contribution in [1.82, 2.24) is 4.57 Å². The third-order valence-corrected chi connectivity index (χ3v) is 2.99. The van der Waals surface area contributed by atoms with Crippen LogP contribution in [0.25, 0.3) is 0 Å². The standard InChI is InChI=1S/C11H15NO6/c13-5-6-8(15)9(16)10(17)11(18-6)12-4-2-1-3-7(12)14/h1-4,6,8-11,13,15-17H,5H2/t6-,8+,9+,10-,11?/m1/s1. The molecule has 7 heteroatoms. The summed E-state index contributed by atoms with van der Waals surface area (Å²) < 4.78 is 6.35. The van der Waals surface area contributed by atoms with Crippen LogP contribution in [0.4, 0.5) is 0 Å². The first-order valence-corrected chi connectivity index (χ1v) is 5.54. The van der Waals surface area contributed by atoms with Gasteiger partial charge in [0.1, 0.15) is 24.4 Å². The van der Waals surface area contributed by atoms with E-state index in [0.717, 1.165) is 4.57 Å². The Bertz CT molecular complexity index is 459. The van der Waals surface area contributed by atoms with Gasteiger partial charge in [0.15, 0.2) is 6.23 Å². The maximum Gasteiger partial charge on any atom is 0.252 e. The zero-order chi connectivity index (χ0) is 13.3. The molecular weight excluding hydrogens is 242 g/mol. The fourth-order valence-corrected chi connectivity index (χ4v) is 1.96. The van der Waals surface area contributed by atoms with Gasteiger partial charge >= 0.3 is 0 Å². The lowest BCUT2D eigenvalue weighted by Gasteiger charge is -2.40. The second-order valence-electron chi connectivity index (χ2n) is 4.17. The summed E-state index contributed by atoms with van der Waals surface area (Å²) in [5.41, 5.74) is -0.415. The lowest BCUT2D eigenvalue weighted by Crippen LogP contribution is -2.57. The van der Waals surface area contributed by atoms with E-state index in [9.17, 15) is 20.1 Å². The zero-order valence-electron chi connectivity index (χ0n) is 9.46. The molecule has 1 aromatic heterocycles. The second-order valence-corrected chi connectivity index (χ2v) is 4.17. The number of aliphatic hydroxyl groups excluding tert-OH is 4. The van der Waals surface area contributed by atoms with Crippen molar-refractivity contribution in [2.45, 2.75) is 30.6 Å². The molecule has 1 fully saturated rings. The predicted octanol–water partition coefficient (Wildman–Crippen LogP) is -2.18. The van der Waals surface area contributed by atoms with E-state index in [1.54, 1.807) is 6.07 Å². The molecule has 0 radical (unpaired) electrons. The van der Waals surface area contributed by atoms with Gasteiger partial charge in [-0.3, -0.25) is 9.36 Å². The van der Waals surface area contributed by atoms with Crippen LogP contribution >= 0.6 is 0 Å². The minimum Gasteiger partial charge on any atom is -0.394 e. The number of aliphatic hydroxyl groups is 4. The third kappa shape index (κ3) is 2.18. The van der Waals surface area contributed by atoms with Crippen LogP contribution in [0.1, 0.15) is 6.23 Å². The molecule has 0 aromatic carbocycles. The summed E-state index contributed by atoms with van der Waals surface area (Å²) in [5.74, 6) is 0. The molecular formula is C11H15NO6. The molecule has 1 aliphatic rings. The number of aromatic nitrogens is 1. The molecule has 1 aliphatic heterocycles. The van der Waals surface area contributed by atoms with Gasteiger partial charge in [0, 0.05) is 12.3 Å². The highest BCUT2D eigenvalue weighted by Gasteiger charge is 2.44. The van der Waals surface area contributed by atoms with Crippen LogP contribution in [0.15, 0.2) is 29.2 Å². The van der Waals surface area contributed by atoms with Gasteiger partial charge in [-0.1, -0.05) is 6.07 Å². The van der Waals surface area contributed by atoms with Crippen LogP contribution in [0.3, 0.4) is 0 Å². The summed E-state index contributed by atoms with van der Waals surface area (Å²) in [6.45, 7) is -0.525. The van der Waals surface area contributed by atoms with Crippen molar-refractivity contribution in [3.8, 4) is 0 Å². The fourth-order valence-electron chi connectivity index (χ4n) is 1.96. The van der Waals surface area contributed by atoms with Gasteiger partial charge in [0.25, 0.3) is 5.56 Å². The summed E-state index contributed by atoms with van der Waals surface area (Å²) in [4.78, 5) is 11.6. The average molecular weight is 257 g/mol. The molecule has 5 atom stereocenters. The topological polar surface area (TPSA) is 112 Å². The van der Waals surface area contributed by atoms with Gasteiger partial charge < -0.3 is 25.2 Å². The van der Waals surface area contributed by atoms with E-state index in [0.29, 0.717) is 0 Å². The van der Waals surface area contributed by atoms with E-state index < -0.39 is 42.8 Å². The SMILES string of the molecule is O=c1ccccn1C1O[C@H](CO)[C@H](O)[C@H](O)[C@H]1O. The smallest absolute Gasteiger partial charge is 0.252 e. The normalized spacial score (nSPS) is 36.6. The first kappa shape index (κ1) is 13.2. The number of hydrogen-bond acceptors (Lipinski definition) is 6. The minimum atomic E-state index is -1.49. The predicted molar refractivity (Wildman–Crippen MR) is 59.7 cm³/mol. The molecule has 0 amide bonds. The molecule has 18 heavy (non-hydrogen) atoms. The van der Waals surface area contributed by atoms with Gasteiger partial charge in [-0.2, -0.15) is 0 Å². The highest BCUT2D eigenvalue weighted by atomic mass is 16.6. The summed E-state index contributed by atoms with van der Waals surface area (Å²) in [7, 11) is 0. The maximum absolute atomic E-state index is 11.6. The van der Waals surface area contributed by atoms with E-state index in [1.807, 2.05) is 0 Å². The molecule has 7 nitrogen and oxygen atoms in total. The number of ether oxygens (including phenoxy) is 1. The van der Waals surface area contributed by atoms with Crippen LogP contribution in [-0.2, 0) is 4.74 Å².